The number of phenols is 1. The minimum Gasteiger partial charge on any atom is -0.508 e. The van der Waals surface area contributed by atoms with Crippen LogP contribution in [-0.2, 0) is 4.79 Å². The fraction of sp³-hybridized carbons (Fsp3) is 0.222. The Morgan fingerprint density at radius 3 is 2.04 bits per heavy atom. The van der Waals surface area contributed by atoms with Gasteiger partial charge in [0, 0.05) is 37.4 Å². The molecule has 0 spiro atoms. The first-order valence-electron chi connectivity index (χ1n) is 7.58. The van der Waals surface area contributed by atoms with Gasteiger partial charge in [-0.15, -0.1) is 0 Å². The summed E-state index contributed by atoms with van der Waals surface area (Å²) in [4.78, 5) is 28.3. The fourth-order valence-corrected chi connectivity index (χ4v) is 2.69. The van der Waals surface area contributed by atoms with Gasteiger partial charge in [-0.2, -0.15) is 0 Å². The Hall–Kier alpha value is -2.82. The summed E-state index contributed by atoms with van der Waals surface area (Å²) in [6.45, 7) is 2.35. The minimum atomic E-state index is -0.455. The van der Waals surface area contributed by atoms with Crippen LogP contribution in [0.15, 0.2) is 54.6 Å². The van der Waals surface area contributed by atoms with Crippen LogP contribution < -0.4 is 4.90 Å². The van der Waals surface area contributed by atoms with Crippen LogP contribution in [0.25, 0.3) is 0 Å². The van der Waals surface area contributed by atoms with Gasteiger partial charge in [-0.25, -0.2) is 0 Å². The summed E-state index contributed by atoms with van der Waals surface area (Å²) >= 11 is 0. The van der Waals surface area contributed by atoms with E-state index < -0.39 is 11.7 Å². The van der Waals surface area contributed by atoms with Crippen molar-refractivity contribution >= 4 is 17.4 Å². The average molecular weight is 310 g/mol. The molecule has 1 amide bonds. The first-order valence-corrected chi connectivity index (χ1v) is 7.58. The number of carbonyl (C=O) groups is 2. The molecule has 0 bridgehead atoms. The van der Waals surface area contributed by atoms with Crippen LogP contribution >= 0.6 is 0 Å². The van der Waals surface area contributed by atoms with Gasteiger partial charge in [0.15, 0.2) is 0 Å². The molecular formula is C18H18N2O3. The summed E-state index contributed by atoms with van der Waals surface area (Å²) in [7, 11) is 0. The van der Waals surface area contributed by atoms with Crippen LogP contribution in [0.5, 0.6) is 5.75 Å². The highest BCUT2D eigenvalue weighted by molar-refractivity contribution is 6.42. The maximum atomic E-state index is 12.3. The van der Waals surface area contributed by atoms with E-state index in [0.29, 0.717) is 31.7 Å². The highest BCUT2D eigenvalue weighted by Gasteiger charge is 2.26. The molecule has 1 fully saturated rings. The van der Waals surface area contributed by atoms with E-state index in [1.54, 1.807) is 41.3 Å². The highest BCUT2D eigenvalue weighted by Crippen LogP contribution is 2.20. The zero-order chi connectivity index (χ0) is 16.2. The molecule has 118 valence electrons. The van der Waals surface area contributed by atoms with E-state index in [-0.39, 0.29) is 5.75 Å². The molecule has 0 aromatic heterocycles. The van der Waals surface area contributed by atoms with Crippen molar-refractivity contribution in [1.29, 1.82) is 0 Å². The number of phenolic OH excluding ortho intramolecular Hbond substituents is 1. The van der Waals surface area contributed by atoms with Gasteiger partial charge in [0.1, 0.15) is 5.75 Å². The lowest BCUT2D eigenvalue weighted by Crippen LogP contribution is -2.50. The van der Waals surface area contributed by atoms with Crippen molar-refractivity contribution in [2.45, 2.75) is 0 Å². The molecule has 0 radical (unpaired) electrons. The molecule has 2 aromatic carbocycles. The van der Waals surface area contributed by atoms with Crippen molar-refractivity contribution < 1.29 is 14.7 Å². The third-order valence-electron chi connectivity index (χ3n) is 4.01. The summed E-state index contributed by atoms with van der Waals surface area (Å²) < 4.78 is 0. The molecule has 0 atom stereocenters. The average Bonchev–Trinajstić information content (AvgIpc) is 2.62. The predicted octanol–water partition coefficient (Wildman–Crippen LogP) is 1.92. The number of Topliss-reactive ketones (excluding diaryl/α,β-unsaturated/α-hetero) is 1. The zero-order valence-corrected chi connectivity index (χ0v) is 12.7. The van der Waals surface area contributed by atoms with Crippen molar-refractivity contribution in [3.8, 4) is 5.75 Å². The van der Waals surface area contributed by atoms with Crippen LogP contribution in [-0.4, -0.2) is 47.9 Å². The molecule has 2 aromatic rings. The number of amides is 1. The lowest BCUT2D eigenvalue weighted by Gasteiger charge is -2.35. The molecule has 1 aliphatic rings. The SMILES string of the molecule is O=C(C(=O)N1CCN(c2ccc(O)cc2)CC1)c1ccccc1. The summed E-state index contributed by atoms with van der Waals surface area (Å²) in [6.07, 6.45) is 0. The molecular weight excluding hydrogens is 292 g/mol. The second-order valence-corrected chi connectivity index (χ2v) is 5.49. The number of ketones is 1. The molecule has 0 saturated carbocycles. The van der Waals surface area contributed by atoms with Gasteiger partial charge >= 0.3 is 0 Å². The lowest BCUT2D eigenvalue weighted by atomic mass is 10.1. The largest absolute Gasteiger partial charge is 0.508 e. The summed E-state index contributed by atoms with van der Waals surface area (Å²) in [5.41, 5.74) is 1.43. The maximum Gasteiger partial charge on any atom is 0.295 e. The van der Waals surface area contributed by atoms with Gasteiger partial charge in [-0.05, 0) is 24.3 Å². The Morgan fingerprint density at radius 2 is 1.43 bits per heavy atom. The van der Waals surface area contributed by atoms with Gasteiger partial charge in [0.2, 0.25) is 5.78 Å². The molecule has 1 N–H and O–H groups in total. The van der Waals surface area contributed by atoms with Crippen molar-refractivity contribution in [3.63, 3.8) is 0 Å². The quantitative estimate of drug-likeness (QED) is 0.695. The Labute approximate surface area is 134 Å². The van der Waals surface area contributed by atoms with E-state index in [1.165, 1.54) is 0 Å². The van der Waals surface area contributed by atoms with E-state index in [0.717, 1.165) is 5.69 Å². The number of anilines is 1. The number of carbonyl (C=O) groups excluding carboxylic acids is 2. The molecule has 1 saturated heterocycles. The molecule has 1 aliphatic heterocycles. The van der Waals surface area contributed by atoms with Crippen LogP contribution in [0, 0.1) is 0 Å². The van der Waals surface area contributed by atoms with Crippen molar-refractivity contribution in [1.82, 2.24) is 4.90 Å². The molecule has 23 heavy (non-hydrogen) atoms. The van der Waals surface area contributed by atoms with E-state index in [2.05, 4.69) is 4.90 Å². The minimum absolute atomic E-state index is 0.232. The third-order valence-corrected chi connectivity index (χ3v) is 4.01. The Morgan fingerprint density at radius 1 is 0.826 bits per heavy atom. The van der Waals surface area contributed by atoms with E-state index in [9.17, 15) is 14.7 Å². The predicted molar refractivity (Wildman–Crippen MR) is 87.7 cm³/mol. The summed E-state index contributed by atoms with van der Waals surface area (Å²) in [5, 5.41) is 9.33. The van der Waals surface area contributed by atoms with Gasteiger partial charge in [0.25, 0.3) is 5.91 Å². The fourth-order valence-electron chi connectivity index (χ4n) is 2.69. The molecule has 5 nitrogen and oxygen atoms in total. The number of hydrogen-bond acceptors (Lipinski definition) is 4. The van der Waals surface area contributed by atoms with E-state index in [1.807, 2.05) is 18.2 Å². The zero-order valence-electron chi connectivity index (χ0n) is 12.7. The molecule has 0 aliphatic carbocycles. The highest BCUT2D eigenvalue weighted by atomic mass is 16.3. The third kappa shape index (κ3) is 3.34. The van der Waals surface area contributed by atoms with Crippen molar-refractivity contribution in [2.24, 2.45) is 0 Å². The van der Waals surface area contributed by atoms with Gasteiger partial charge < -0.3 is 14.9 Å². The van der Waals surface area contributed by atoms with Crippen LogP contribution in [0.4, 0.5) is 5.69 Å². The number of benzene rings is 2. The summed E-state index contributed by atoms with van der Waals surface area (Å²) in [5.74, 6) is -0.665. The lowest BCUT2D eigenvalue weighted by molar-refractivity contribution is -0.126. The number of aromatic hydroxyl groups is 1. The van der Waals surface area contributed by atoms with Crippen molar-refractivity contribution in [2.75, 3.05) is 31.1 Å². The monoisotopic (exact) mass is 310 g/mol. The smallest absolute Gasteiger partial charge is 0.295 e. The van der Waals surface area contributed by atoms with Crippen LogP contribution in [0.1, 0.15) is 10.4 Å². The molecule has 3 rings (SSSR count). The maximum absolute atomic E-state index is 12.3. The molecule has 0 unspecified atom stereocenters. The second kappa shape index (κ2) is 6.52. The summed E-state index contributed by atoms with van der Waals surface area (Å²) in [6, 6.07) is 15.6. The van der Waals surface area contributed by atoms with Gasteiger partial charge in [-0.3, -0.25) is 9.59 Å². The topological polar surface area (TPSA) is 60.9 Å². The van der Waals surface area contributed by atoms with Crippen LogP contribution in [0.3, 0.4) is 0 Å². The standard InChI is InChI=1S/C18H18N2O3/c21-16-8-6-15(7-9-16)19-10-12-20(13-11-19)18(23)17(22)14-4-2-1-3-5-14/h1-9,21H,10-13H2. The number of hydrogen-bond donors (Lipinski definition) is 1. The normalized spacial score (nSPS) is 14.6. The molecule has 5 heteroatoms. The Kier molecular flexibility index (Phi) is 4.28. The second-order valence-electron chi connectivity index (χ2n) is 5.49. The van der Waals surface area contributed by atoms with Crippen molar-refractivity contribution in [3.05, 3.63) is 60.2 Å². The van der Waals surface area contributed by atoms with Gasteiger partial charge in [0.05, 0.1) is 0 Å². The number of rotatable bonds is 3. The number of nitrogens with zero attached hydrogens (tertiary/aromatic N) is 2. The van der Waals surface area contributed by atoms with Crippen LogP contribution in [0.2, 0.25) is 0 Å². The van der Waals surface area contributed by atoms with E-state index in [4.69, 9.17) is 0 Å². The first-order chi connectivity index (χ1) is 11.1. The Bertz CT molecular complexity index is 690. The Balaban J connectivity index is 1.61. The number of piperazine rings is 1. The molecule has 1 heterocycles. The van der Waals surface area contributed by atoms with Gasteiger partial charge in [-0.1, -0.05) is 30.3 Å². The van der Waals surface area contributed by atoms with E-state index >= 15 is 0 Å². The first kappa shape index (κ1) is 15.1.